The zero-order chi connectivity index (χ0) is 29.9. The molecule has 7 nitrogen and oxygen atoms in total. The summed E-state index contributed by atoms with van der Waals surface area (Å²) >= 11 is 0. The van der Waals surface area contributed by atoms with Crippen LogP contribution < -0.4 is 5.32 Å². The first-order valence-electron chi connectivity index (χ1n) is 14.9. The Morgan fingerprint density at radius 1 is 1.07 bits per heavy atom. The van der Waals surface area contributed by atoms with E-state index in [0.29, 0.717) is 25.0 Å². The van der Waals surface area contributed by atoms with Crippen LogP contribution in [0.1, 0.15) is 66.7 Å². The average molecular weight is 563 g/mol. The Bertz CT molecular complexity index is 1690. The van der Waals surface area contributed by atoms with Crippen LogP contribution in [0, 0.1) is 11.8 Å². The molecule has 6 rings (SSSR count). The van der Waals surface area contributed by atoms with Gasteiger partial charge in [0.15, 0.2) is 0 Å². The third-order valence-electron chi connectivity index (χ3n) is 9.39. The molecule has 2 atom stereocenters. The van der Waals surface area contributed by atoms with Crippen LogP contribution in [-0.4, -0.2) is 35.3 Å². The molecule has 1 aliphatic carbocycles. The van der Waals surface area contributed by atoms with E-state index in [1.54, 1.807) is 0 Å². The topological polar surface area (TPSA) is 95.6 Å². The molecular formula is C35H38N4O3. The number of nitrogens with zero attached hydrogens (tertiary/aromatic N) is 3. The van der Waals surface area contributed by atoms with Crippen molar-refractivity contribution in [1.82, 2.24) is 5.32 Å². The molecule has 0 aromatic rings. The van der Waals surface area contributed by atoms with Crippen molar-refractivity contribution in [2.45, 2.75) is 66.7 Å². The van der Waals surface area contributed by atoms with Crippen LogP contribution in [0.25, 0.3) is 0 Å². The minimum Gasteiger partial charge on any atom is -0.511 e. The molecule has 0 aromatic carbocycles. The molecule has 1 saturated heterocycles. The highest BCUT2D eigenvalue weighted by Crippen LogP contribution is 2.46. The van der Waals surface area contributed by atoms with Crippen molar-refractivity contribution in [1.29, 1.82) is 0 Å². The summed E-state index contributed by atoms with van der Waals surface area (Å²) in [6.45, 7) is 14.7. The molecule has 216 valence electrons. The first-order valence-corrected chi connectivity index (χ1v) is 14.9. The van der Waals surface area contributed by atoms with Gasteiger partial charge in [0.2, 0.25) is 0 Å². The molecular weight excluding hydrogens is 524 g/mol. The van der Waals surface area contributed by atoms with Crippen LogP contribution in [0.15, 0.2) is 119 Å². The second kappa shape index (κ2) is 10.5. The number of hydrogen-bond donors (Lipinski definition) is 2. The standard InChI is InChI=1S/C35H38N4O3/c1-8-20-17(4)25-14-26-18(5)23(11-12-32(41)42-7)34(38-26)24-13-31(40)33-19(6)27(39-35(24)33)15-29-21(9-2)22(10-3)30(37-29)16-28(20)36-25/h10,14-16,18,23,38,40H,3,8-9,11-13H2,1-2,4-7H3/t18-,23-/m0/s1. The van der Waals surface area contributed by atoms with E-state index in [0.717, 1.165) is 91.9 Å². The molecule has 5 aliphatic heterocycles. The van der Waals surface area contributed by atoms with Crippen molar-refractivity contribution in [3.63, 3.8) is 0 Å². The number of rotatable bonds is 6. The summed E-state index contributed by atoms with van der Waals surface area (Å²) in [6.07, 6.45) is 11.2. The van der Waals surface area contributed by atoms with E-state index in [1.807, 2.05) is 19.1 Å². The third-order valence-corrected chi connectivity index (χ3v) is 9.39. The predicted molar refractivity (Wildman–Crippen MR) is 168 cm³/mol. The zero-order valence-corrected chi connectivity index (χ0v) is 25.3. The summed E-state index contributed by atoms with van der Waals surface area (Å²) < 4.78 is 4.98. The summed E-state index contributed by atoms with van der Waals surface area (Å²) in [5, 5.41) is 14.9. The van der Waals surface area contributed by atoms with E-state index < -0.39 is 0 Å². The lowest BCUT2D eigenvalue weighted by Crippen LogP contribution is -2.16. The van der Waals surface area contributed by atoms with Crippen molar-refractivity contribution in [2.24, 2.45) is 26.8 Å². The van der Waals surface area contributed by atoms with Gasteiger partial charge in [0.05, 0.1) is 41.3 Å². The fourth-order valence-electron chi connectivity index (χ4n) is 7.02. The SMILES string of the molecule is C=CC1=C(CC)C2=CC3=C(C)C4=C(O)CC(=C5NC(=CC6=NC(=CC1=N2)C(CC)=C6C)[C@@H](C)[C@@H]5CCC(=O)OC)C4=N3. The number of carbonyl (C=O) groups is 1. The molecule has 2 N–H and O–H groups in total. The molecule has 6 aliphatic rings. The number of aliphatic hydroxyl groups is 1. The maximum atomic E-state index is 12.2. The van der Waals surface area contributed by atoms with Crippen molar-refractivity contribution in [3.05, 3.63) is 104 Å². The number of methoxy groups -OCH3 is 1. The molecule has 1 fully saturated rings. The number of carbonyl (C=O) groups excluding carboxylic acids is 1. The Morgan fingerprint density at radius 2 is 1.79 bits per heavy atom. The number of allylic oxidation sites excluding steroid dienone is 13. The molecule has 5 heterocycles. The van der Waals surface area contributed by atoms with Gasteiger partial charge in [0, 0.05) is 52.8 Å². The summed E-state index contributed by atoms with van der Waals surface area (Å²) in [4.78, 5) is 27.5. The number of hydrogen-bond acceptors (Lipinski definition) is 7. The van der Waals surface area contributed by atoms with Gasteiger partial charge in [-0.25, -0.2) is 15.0 Å². The first-order chi connectivity index (χ1) is 20.2. The predicted octanol–water partition coefficient (Wildman–Crippen LogP) is 7.19. The highest BCUT2D eigenvalue weighted by molar-refractivity contribution is 6.21. The van der Waals surface area contributed by atoms with Gasteiger partial charge in [0.25, 0.3) is 0 Å². The lowest BCUT2D eigenvalue weighted by molar-refractivity contribution is -0.140. The van der Waals surface area contributed by atoms with Crippen LogP contribution in [-0.2, 0) is 9.53 Å². The number of esters is 1. The smallest absolute Gasteiger partial charge is 0.305 e. The number of aliphatic imine (C=N–C) groups is 3. The maximum Gasteiger partial charge on any atom is 0.305 e. The van der Waals surface area contributed by atoms with Crippen LogP contribution in [0.2, 0.25) is 0 Å². The summed E-state index contributed by atoms with van der Waals surface area (Å²) in [5.41, 5.74) is 14.5. The fourth-order valence-corrected chi connectivity index (χ4v) is 7.02. The van der Waals surface area contributed by atoms with E-state index in [4.69, 9.17) is 19.7 Å². The second-order valence-electron chi connectivity index (χ2n) is 11.6. The monoisotopic (exact) mass is 562 g/mol. The average Bonchev–Trinajstić information content (AvgIpc) is 3.73. The Kier molecular flexibility index (Phi) is 7.00. The van der Waals surface area contributed by atoms with Gasteiger partial charge >= 0.3 is 5.97 Å². The number of nitrogens with one attached hydrogen (secondary N) is 1. The van der Waals surface area contributed by atoms with Gasteiger partial charge in [-0.1, -0.05) is 33.4 Å². The van der Waals surface area contributed by atoms with Crippen molar-refractivity contribution in [3.8, 4) is 0 Å². The largest absolute Gasteiger partial charge is 0.511 e. The van der Waals surface area contributed by atoms with E-state index in [-0.39, 0.29) is 17.8 Å². The number of aliphatic hydroxyl groups excluding tert-OH is 1. The van der Waals surface area contributed by atoms with Crippen LogP contribution >= 0.6 is 0 Å². The van der Waals surface area contributed by atoms with Gasteiger partial charge in [-0.2, -0.15) is 0 Å². The summed E-state index contributed by atoms with van der Waals surface area (Å²) in [5.74, 6) is 0.246. The first kappa shape index (κ1) is 27.9. The Morgan fingerprint density at radius 3 is 2.48 bits per heavy atom. The molecule has 0 aromatic heterocycles. The molecule has 0 amide bonds. The van der Waals surface area contributed by atoms with Crippen molar-refractivity contribution >= 4 is 23.1 Å². The minimum atomic E-state index is -0.226. The van der Waals surface area contributed by atoms with E-state index in [9.17, 15) is 9.90 Å². The molecule has 0 saturated carbocycles. The number of fused-ring (bicyclic) bond motifs is 5. The van der Waals surface area contributed by atoms with Crippen LogP contribution in [0.4, 0.5) is 0 Å². The Labute approximate surface area is 247 Å². The van der Waals surface area contributed by atoms with Crippen LogP contribution in [0.5, 0.6) is 0 Å². The number of ether oxygens (including phenoxy) is 1. The fraction of sp³-hybridized carbons (Fsp3) is 0.371. The minimum absolute atomic E-state index is 0.0388. The maximum absolute atomic E-state index is 12.2. The van der Waals surface area contributed by atoms with Crippen molar-refractivity contribution in [2.75, 3.05) is 7.11 Å². The van der Waals surface area contributed by atoms with Gasteiger partial charge in [-0.15, -0.1) is 0 Å². The van der Waals surface area contributed by atoms with E-state index in [2.05, 4.69) is 51.7 Å². The third kappa shape index (κ3) is 4.25. The molecule has 0 spiro atoms. The van der Waals surface area contributed by atoms with E-state index in [1.165, 1.54) is 12.7 Å². The summed E-state index contributed by atoms with van der Waals surface area (Å²) in [7, 11) is 1.43. The second-order valence-corrected chi connectivity index (χ2v) is 11.6. The molecule has 7 heteroatoms. The summed E-state index contributed by atoms with van der Waals surface area (Å²) in [6, 6.07) is 0. The van der Waals surface area contributed by atoms with E-state index >= 15 is 0 Å². The lowest BCUT2D eigenvalue weighted by atomic mass is 9.86. The highest BCUT2D eigenvalue weighted by atomic mass is 16.5. The Balaban J connectivity index is 1.60. The molecule has 42 heavy (non-hydrogen) atoms. The normalized spacial score (nSPS) is 24.6. The zero-order valence-electron chi connectivity index (χ0n) is 25.3. The molecule has 8 bridgehead atoms. The molecule has 0 radical (unpaired) electrons. The van der Waals surface area contributed by atoms with Gasteiger partial charge in [0.1, 0.15) is 5.76 Å². The highest BCUT2D eigenvalue weighted by Gasteiger charge is 2.41. The Hall–Kier alpha value is -4.26. The van der Waals surface area contributed by atoms with Gasteiger partial charge in [-0.05, 0) is 73.6 Å². The quantitative estimate of drug-likeness (QED) is 0.335. The lowest BCUT2D eigenvalue weighted by Gasteiger charge is -2.17. The van der Waals surface area contributed by atoms with Gasteiger partial charge < -0.3 is 15.2 Å². The molecule has 0 unspecified atom stereocenters. The van der Waals surface area contributed by atoms with Crippen molar-refractivity contribution < 1.29 is 14.6 Å². The van der Waals surface area contributed by atoms with Gasteiger partial charge in [-0.3, -0.25) is 4.79 Å². The van der Waals surface area contributed by atoms with Crippen LogP contribution in [0.3, 0.4) is 0 Å².